The van der Waals surface area contributed by atoms with Crippen molar-refractivity contribution in [1.29, 1.82) is 0 Å². The first-order valence-corrected chi connectivity index (χ1v) is 4.44. The first-order chi connectivity index (χ1) is 7.18. The molecule has 2 heterocycles. The van der Waals surface area contributed by atoms with Crippen LogP contribution in [-0.4, -0.2) is 32.3 Å². The molecule has 15 heavy (non-hydrogen) atoms. The van der Waals surface area contributed by atoms with Gasteiger partial charge < -0.3 is 10.8 Å². The van der Waals surface area contributed by atoms with Gasteiger partial charge in [0.1, 0.15) is 6.04 Å². The summed E-state index contributed by atoms with van der Waals surface area (Å²) in [6.45, 7) is 0. The minimum Gasteiger partial charge on any atom is -0.480 e. The van der Waals surface area contributed by atoms with Crippen LogP contribution in [0.1, 0.15) is 5.69 Å². The number of aliphatic carboxylic acids is 1. The molecule has 0 aromatic carbocycles. The number of pyridine rings is 1. The van der Waals surface area contributed by atoms with Crippen LogP contribution in [0.3, 0.4) is 0 Å². The average Bonchev–Trinajstić information content (AvgIpc) is 2.62. The second-order valence-corrected chi connectivity index (χ2v) is 3.24. The third kappa shape index (κ3) is 1.79. The zero-order valence-corrected chi connectivity index (χ0v) is 7.84. The number of carboxylic acids is 1. The van der Waals surface area contributed by atoms with Gasteiger partial charge >= 0.3 is 5.97 Å². The Balaban J connectivity index is 2.32. The van der Waals surface area contributed by atoms with Crippen LogP contribution in [0.2, 0.25) is 0 Å². The number of aromatic nitrogens is 3. The van der Waals surface area contributed by atoms with E-state index in [0.29, 0.717) is 5.69 Å². The number of H-pyrrole nitrogens is 1. The van der Waals surface area contributed by atoms with Gasteiger partial charge in [-0.2, -0.15) is 5.10 Å². The van der Waals surface area contributed by atoms with Crippen LogP contribution < -0.4 is 5.73 Å². The van der Waals surface area contributed by atoms with Crippen molar-refractivity contribution in [3.63, 3.8) is 0 Å². The Bertz CT molecular complexity index is 494. The van der Waals surface area contributed by atoms with Crippen LogP contribution in [0.4, 0.5) is 0 Å². The van der Waals surface area contributed by atoms with Crippen molar-refractivity contribution in [3.05, 3.63) is 24.2 Å². The number of nitrogens with one attached hydrogen (secondary N) is 1. The fourth-order valence-corrected chi connectivity index (χ4v) is 1.37. The SMILES string of the molecule is NC(Cc1[nH]nc2ccncc12)C(=O)O. The maximum Gasteiger partial charge on any atom is 0.320 e. The lowest BCUT2D eigenvalue weighted by Gasteiger charge is -2.03. The molecule has 0 amide bonds. The van der Waals surface area contributed by atoms with E-state index in [-0.39, 0.29) is 6.42 Å². The standard InChI is InChI=1S/C9H10N4O2/c10-6(9(14)15)3-8-5-4-11-2-1-7(5)12-13-8/h1-2,4,6H,3,10H2,(H,12,13)(H,14,15). The minimum atomic E-state index is -1.03. The molecule has 1 atom stereocenters. The number of fused-ring (bicyclic) bond motifs is 1. The molecule has 0 aliphatic heterocycles. The second-order valence-electron chi connectivity index (χ2n) is 3.24. The number of nitrogens with two attached hydrogens (primary N) is 1. The Morgan fingerprint density at radius 2 is 2.47 bits per heavy atom. The summed E-state index contributed by atoms with van der Waals surface area (Å²) in [5.41, 5.74) is 6.89. The van der Waals surface area contributed by atoms with E-state index in [4.69, 9.17) is 10.8 Å². The van der Waals surface area contributed by atoms with E-state index < -0.39 is 12.0 Å². The Labute approximate surface area is 85.1 Å². The summed E-state index contributed by atoms with van der Waals surface area (Å²) in [5, 5.41) is 16.3. The summed E-state index contributed by atoms with van der Waals surface area (Å²) in [7, 11) is 0. The first kappa shape index (κ1) is 9.60. The van der Waals surface area contributed by atoms with E-state index in [2.05, 4.69) is 15.2 Å². The van der Waals surface area contributed by atoms with Crippen LogP contribution in [0.15, 0.2) is 18.5 Å². The maximum atomic E-state index is 10.6. The van der Waals surface area contributed by atoms with Gasteiger partial charge in [0.05, 0.1) is 5.52 Å². The largest absolute Gasteiger partial charge is 0.480 e. The molecule has 78 valence electrons. The Morgan fingerprint density at radius 1 is 1.67 bits per heavy atom. The van der Waals surface area contributed by atoms with Crippen molar-refractivity contribution in [2.75, 3.05) is 0 Å². The van der Waals surface area contributed by atoms with Crippen LogP contribution in [0.5, 0.6) is 0 Å². The molecule has 6 nitrogen and oxygen atoms in total. The normalized spacial score (nSPS) is 12.9. The maximum absolute atomic E-state index is 10.6. The lowest BCUT2D eigenvalue weighted by Crippen LogP contribution is -2.32. The van der Waals surface area contributed by atoms with Gasteiger partial charge in [-0.3, -0.25) is 14.9 Å². The molecule has 2 aromatic heterocycles. The van der Waals surface area contributed by atoms with E-state index >= 15 is 0 Å². The Morgan fingerprint density at radius 3 is 3.20 bits per heavy atom. The highest BCUT2D eigenvalue weighted by Crippen LogP contribution is 2.14. The third-order valence-electron chi connectivity index (χ3n) is 2.18. The van der Waals surface area contributed by atoms with Crippen LogP contribution >= 0.6 is 0 Å². The molecule has 0 spiro atoms. The smallest absolute Gasteiger partial charge is 0.320 e. The molecule has 0 saturated carbocycles. The lowest BCUT2D eigenvalue weighted by atomic mass is 10.1. The Kier molecular flexibility index (Phi) is 2.34. The molecule has 2 aromatic rings. The number of carboxylic acid groups (broad SMARTS) is 1. The second kappa shape index (κ2) is 3.66. The predicted molar refractivity (Wildman–Crippen MR) is 53.2 cm³/mol. The van der Waals surface area contributed by atoms with E-state index in [0.717, 1.165) is 10.9 Å². The number of hydrogen-bond acceptors (Lipinski definition) is 4. The summed E-state index contributed by atoms with van der Waals surface area (Å²) < 4.78 is 0. The van der Waals surface area contributed by atoms with Crippen molar-refractivity contribution < 1.29 is 9.90 Å². The topological polar surface area (TPSA) is 105 Å². The predicted octanol–water partition coefficient (Wildman–Crippen LogP) is -0.0877. The zero-order chi connectivity index (χ0) is 10.8. The minimum absolute atomic E-state index is 0.220. The van der Waals surface area contributed by atoms with Gasteiger partial charge in [0.25, 0.3) is 0 Å². The van der Waals surface area contributed by atoms with Gasteiger partial charge in [0, 0.05) is 29.9 Å². The van der Waals surface area contributed by atoms with E-state index in [1.807, 2.05) is 0 Å². The monoisotopic (exact) mass is 206 g/mol. The highest BCUT2D eigenvalue weighted by molar-refractivity contribution is 5.81. The summed E-state index contributed by atoms with van der Waals surface area (Å²) in [4.78, 5) is 14.5. The van der Waals surface area contributed by atoms with Gasteiger partial charge in [0.2, 0.25) is 0 Å². The highest BCUT2D eigenvalue weighted by atomic mass is 16.4. The number of hydrogen-bond donors (Lipinski definition) is 3. The highest BCUT2D eigenvalue weighted by Gasteiger charge is 2.15. The van der Waals surface area contributed by atoms with Crippen LogP contribution in [-0.2, 0) is 11.2 Å². The molecule has 1 unspecified atom stereocenters. The molecule has 0 bridgehead atoms. The quantitative estimate of drug-likeness (QED) is 0.651. The summed E-state index contributed by atoms with van der Waals surface area (Å²) in [5.74, 6) is -1.03. The lowest BCUT2D eigenvalue weighted by molar-refractivity contribution is -0.138. The molecule has 0 aliphatic rings. The number of nitrogens with zero attached hydrogens (tertiary/aromatic N) is 2. The van der Waals surface area contributed by atoms with Gasteiger partial charge in [0.15, 0.2) is 0 Å². The molecule has 0 aliphatic carbocycles. The molecule has 0 saturated heterocycles. The molecule has 6 heteroatoms. The molecular weight excluding hydrogens is 196 g/mol. The van der Waals surface area contributed by atoms with Crippen molar-refractivity contribution >= 4 is 16.9 Å². The third-order valence-corrected chi connectivity index (χ3v) is 2.18. The van der Waals surface area contributed by atoms with Gasteiger partial charge in [-0.1, -0.05) is 0 Å². The number of carbonyl (C=O) groups is 1. The van der Waals surface area contributed by atoms with Gasteiger partial charge in [-0.05, 0) is 6.07 Å². The zero-order valence-electron chi connectivity index (χ0n) is 7.84. The Hall–Kier alpha value is -1.95. The number of aromatic amines is 1. The van der Waals surface area contributed by atoms with Gasteiger partial charge in [-0.15, -0.1) is 0 Å². The average molecular weight is 206 g/mol. The van der Waals surface area contributed by atoms with E-state index in [1.165, 1.54) is 0 Å². The van der Waals surface area contributed by atoms with Crippen LogP contribution in [0.25, 0.3) is 10.9 Å². The summed E-state index contributed by atoms with van der Waals surface area (Å²) in [6.07, 6.45) is 3.49. The van der Waals surface area contributed by atoms with E-state index in [1.54, 1.807) is 18.5 Å². The van der Waals surface area contributed by atoms with Crippen LogP contribution in [0, 0.1) is 0 Å². The van der Waals surface area contributed by atoms with Crippen molar-refractivity contribution in [3.8, 4) is 0 Å². The van der Waals surface area contributed by atoms with Crippen molar-refractivity contribution in [1.82, 2.24) is 15.2 Å². The van der Waals surface area contributed by atoms with Crippen molar-refractivity contribution in [2.24, 2.45) is 5.73 Å². The summed E-state index contributed by atoms with van der Waals surface area (Å²) in [6, 6.07) is 0.829. The molecule has 0 radical (unpaired) electrons. The molecule has 0 fully saturated rings. The number of rotatable bonds is 3. The van der Waals surface area contributed by atoms with Crippen molar-refractivity contribution in [2.45, 2.75) is 12.5 Å². The fraction of sp³-hybridized carbons (Fsp3) is 0.222. The molecular formula is C9H10N4O2. The van der Waals surface area contributed by atoms with E-state index in [9.17, 15) is 4.79 Å². The fourth-order valence-electron chi connectivity index (χ4n) is 1.37. The van der Waals surface area contributed by atoms with Gasteiger partial charge in [-0.25, -0.2) is 0 Å². The first-order valence-electron chi connectivity index (χ1n) is 4.44. The summed E-state index contributed by atoms with van der Waals surface area (Å²) >= 11 is 0. The molecule has 2 rings (SSSR count). The molecule has 4 N–H and O–H groups in total.